The number of rotatable bonds is 6. The molecule has 0 unspecified atom stereocenters. The number of anilines is 1. The Morgan fingerprint density at radius 2 is 2.03 bits per heavy atom. The van der Waals surface area contributed by atoms with Gasteiger partial charge in [0.25, 0.3) is 0 Å². The summed E-state index contributed by atoms with van der Waals surface area (Å²) in [6, 6.07) is 4.29. The van der Waals surface area contributed by atoms with Crippen molar-refractivity contribution in [1.82, 2.24) is 15.2 Å². The molecule has 2 aromatic heterocycles. The summed E-state index contributed by atoms with van der Waals surface area (Å²) < 4.78 is 6.25. The summed E-state index contributed by atoms with van der Waals surface area (Å²) >= 11 is 3.60. The van der Waals surface area contributed by atoms with Gasteiger partial charge in [-0.25, -0.2) is 4.98 Å². The van der Waals surface area contributed by atoms with Gasteiger partial charge in [-0.05, 0) is 74.8 Å². The Morgan fingerprint density at radius 3 is 2.69 bits per heavy atom. The summed E-state index contributed by atoms with van der Waals surface area (Å²) in [5.74, 6) is 1.07. The molecule has 8 nitrogen and oxygen atoms in total. The summed E-state index contributed by atoms with van der Waals surface area (Å²) in [4.78, 5) is 19.3. The first-order chi connectivity index (χ1) is 15.4. The fraction of sp³-hybridized carbons (Fsp3) is 0.609. The lowest BCUT2D eigenvalue weighted by atomic mass is 9.89. The molecule has 2 aliphatic carbocycles. The molecule has 0 bridgehead atoms. The van der Waals surface area contributed by atoms with E-state index in [2.05, 4.69) is 36.4 Å². The minimum absolute atomic E-state index is 0.0464. The number of nitrogens with zero attached hydrogens (tertiary/aromatic N) is 3. The van der Waals surface area contributed by atoms with Gasteiger partial charge in [-0.2, -0.15) is 5.26 Å². The van der Waals surface area contributed by atoms with Crippen molar-refractivity contribution in [2.45, 2.75) is 82.1 Å². The van der Waals surface area contributed by atoms with E-state index in [1.807, 2.05) is 20.0 Å². The highest BCUT2D eigenvalue weighted by molar-refractivity contribution is 9.10. The molecule has 2 saturated carbocycles. The highest BCUT2D eigenvalue weighted by Crippen LogP contribution is 2.34. The number of furan rings is 1. The lowest BCUT2D eigenvalue weighted by Crippen LogP contribution is -2.51. The first-order valence-electron chi connectivity index (χ1n) is 11.3. The van der Waals surface area contributed by atoms with Crippen LogP contribution in [-0.2, 0) is 4.79 Å². The van der Waals surface area contributed by atoms with Crippen molar-refractivity contribution >= 4 is 38.6 Å². The molecule has 2 aromatic rings. The molecule has 1 amide bonds. The van der Waals surface area contributed by atoms with Crippen molar-refractivity contribution in [1.29, 1.82) is 5.26 Å². The highest BCUT2D eigenvalue weighted by atomic mass is 79.9. The summed E-state index contributed by atoms with van der Waals surface area (Å²) in [5.41, 5.74) is 0.587. The van der Waals surface area contributed by atoms with E-state index in [-0.39, 0.29) is 29.9 Å². The van der Waals surface area contributed by atoms with Crippen LogP contribution in [0.2, 0.25) is 0 Å². The number of fused-ring (bicyclic) bond motifs is 1. The zero-order valence-electron chi connectivity index (χ0n) is 18.5. The summed E-state index contributed by atoms with van der Waals surface area (Å²) in [6.07, 6.45) is 7.61. The maximum absolute atomic E-state index is 12.7. The number of pyridine rings is 1. The summed E-state index contributed by atoms with van der Waals surface area (Å²) in [6.45, 7) is 1.96. The van der Waals surface area contributed by atoms with E-state index in [0.717, 1.165) is 54.2 Å². The Balaban J connectivity index is 1.30. The largest absolute Gasteiger partial charge is 0.444 e. The standard InChI is InChI=1S/C23H30BrN5O3/c1-13(23(31)28-15-5-8-17(30)9-15)29(2)16-6-3-14(4-7-16)27-22-21(24)19-10-18(11-25)32-20(19)12-26-22/h10,12-17,30H,3-9H2,1-2H3,(H,26,27)(H,28,31)/t13-,14?,15+,16?,17+/m0/s1. The second-order valence-corrected chi connectivity index (χ2v) is 9.88. The second kappa shape index (κ2) is 9.77. The van der Waals surface area contributed by atoms with E-state index >= 15 is 0 Å². The van der Waals surface area contributed by atoms with E-state index < -0.39 is 0 Å². The van der Waals surface area contributed by atoms with Crippen molar-refractivity contribution in [3.8, 4) is 6.07 Å². The van der Waals surface area contributed by atoms with Crippen molar-refractivity contribution in [2.24, 2.45) is 0 Å². The van der Waals surface area contributed by atoms with Gasteiger partial charge in [-0.3, -0.25) is 9.69 Å². The number of likely N-dealkylation sites (N-methyl/N-ethyl adjacent to an activating group) is 1. The number of aliphatic hydroxyl groups excluding tert-OH is 1. The predicted octanol–water partition coefficient (Wildman–Crippen LogP) is 3.53. The predicted molar refractivity (Wildman–Crippen MR) is 125 cm³/mol. The number of nitrogens with one attached hydrogen (secondary N) is 2. The number of nitriles is 1. The third-order valence-electron chi connectivity index (χ3n) is 6.98. The molecule has 2 heterocycles. The molecule has 0 aromatic carbocycles. The van der Waals surface area contributed by atoms with E-state index in [1.54, 1.807) is 12.3 Å². The van der Waals surface area contributed by atoms with Crippen LogP contribution in [0.25, 0.3) is 11.0 Å². The van der Waals surface area contributed by atoms with Gasteiger partial charge in [0.1, 0.15) is 11.9 Å². The SMILES string of the molecule is C[C@@H](C(=O)N[C@@H]1CC[C@@H](O)C1)N(C)C1CCC(Nc2ncc3oc(C#N)cc3c2Br)CC1. The average Bonchev–Trinajstić information content (AvgIpc) is 3.41. The van der Waals surface area contributed by atoms with Crippen LogP contribution in [-0.4, -0.2) is 58.2 Å². The Morgan fingerprint density at radius 1 is 1.31 bits per heavy atom. The molecule has 0 spiro atoms. The molecule has 172 valence electrons. The number of aliphatic hydroxyl groups is 1. The fourth-order valence-electron chi connectivity index (χ4n) is 4.87. The monoisotopic (exact) mass is 503 g/mol. The number of carbonyl (C=O) groups is 1. The molecule has 0 radical (unpaired) electrons. The molecule has 3 atom stereocenters. The van der Waals surface area contributed by atoms with Crippen molar-refractivity contribution in [3.05, 3.63) is 22.5 Å². The van der Waals surface area contributed by atoms with Crippen molar-refractivity contribution in [3.63, 3.8) is 0 Å². The van der Waals surface area contributed by atoms with Crippen molar-refractivity contribution in [2.75, 3.05) is 12.4 Å². The van der Waals surface area contributed by atoms with Crippen LogP contribution in [0.4, 0.5) is 5.82 Å². The smallest absolute Gasteiger partial charge is 0.237 e. The molecule has 2 fully saturated rings. The number of amides is 1. The van der Waals surface area contributed by atoms with Gasteiger partial charge in [-0.15, -0.1) is 0 Å². The Kier molecular flexibility index (Phi) is 7.03. The zero-order valence-corrected chi connectivity index (χ0v) is 20.1. The minimum Gasteiger partial charge on any atom is -0.444 e. The van der Waals surface area contributed by atoms with Gasteiger partial charge in [0.05, 0.1) is 22.8 Å². The Labute approximate surface area is 196 Å². The first kappa shape index (κ1) is 23.0. The zero-order chi connectivity index (χ0) is 22.8. The van der Waals surface area contributed by atoms with Crippen LogP contribution in [0.1, 0.15) is 57.6 Å². The lowest BCUT2D eigenvalue weighted by molar-refractivity contribution is -0.127. The van der Waals surface area contributed by atoms with Crippen LogP contribution >= 0.6 is 15.9 Å². The van der Waals surface area contributed by atoms with Gasteiger partial charge in [0.15, 0.2) is 5.58 Å². The van der Waals surface area contributed by atoms with Crippen LogP contribution in [0.15, 0.2) is 21.2 Å². The maximum atomic E-state index is 12.7. The summed E-state index contributed by atoms with van der Waals surface area (Å²) in [7, 11) is 2.03. The second-order valence-electron chi connectivity index (χ2n) is 9.08. The minimum atomic E-state index is -0.284. The third-order valence-corrected chi connectivity index (χ3v) is 7.78. The Hall–Kier alpha value is -2.15. The van der Waals surface area contributed by atoms with Gasteiger partial charge >= 0.3 is 0 Å². The van der Waals surface area contributed by atoms with Crippen LogP contribution in [0, 0.1) is 11.3 Å². The van der Waals surface area contributed by atoms with Gasteiger partial charge in [0, 0.05) is 29.6 Å². The number of halogens is 1. The quantitative estimate of drug-likeness (QED) is 0.552. The molecule has 2 aliphatic rings. The van der Waals surface area contributed by atoms with Crippen molar-refractivity contribution < 1.29 is 14.3 Å². The first-order valence-corrected chi connectivity index (χ1v) is 12.1. The molecule has 0 aliphatic heterocycles. The number of aromatic nitrogens is 1. The number of carbonyl (C=O) groups excluding carboxylic acids is 1. The van der Waals surface area contributed by atoms with Gasteiger partial charge in [-0.1, -0.05) is 0 Å². The molecule has 32 heavy (non-hydrogen) atoms. The van der Waals surface area contributed by atoms with Gasteiger partial charge in [0.2, 0.25) is 11.7 Å². The highest BCUT2D eigenvalue weighted by Gasteiger charge is 2.31. The molecular formula is C23H30BrN5O3. The fourth-order valence-corrected chi connectivity index (χ4v) is 5.39. The van der Waals surface area contributed by atoms with E-state index in [1.165, 1.54) is 0 Å². The van der Waals surface area contributed by atoms with Crippen LogP contribution < -0.4 is 10.6 Å². The molecular weight excluding hydrogens is 474 g/mol. The maximum Gasteiger partial charge on any atom is 0.237 e. The Bertz CT molecular complexity index is 1010. The van der Waals surface area contributed by atoms with Gasteiger partial charge < -0.3 is 20.2 Å². The summed E-state index contributed by atoms with van der Waals surface area (Å²) in [5, 5.41) is 26.2. The molecule has 0 saturated heterocycles. The van der Waals surface area contributed by atoms with Crippen LogP contribution in [0.5, 0.6) is 0 Å². The number of hydrogen-bond donors (Lipinski definition) is 3. The number of hydrogen-bond acceptors (Lipinski definition) is 7. The molecule has 4 rings (SSSR count). The van der Waals surface area contributed by atoms with E-state index in [0.29, 0.717) is 24.1 Å². The van der Waals surface area contributed by atoms with E-state index in [9.17, 15) is 9.90 Å². The third kappa shape index (κ3) is 4.92. The molecule has 9 heteroatoms. The van der Waals surface area contributed by atoms with Crippen LogP contribution in [0.3, 0.4) is 0 Å². The average molecular weight is 504 g/mol. The topological polar surface area (TPSA) is 114 Å². The molecule has 3 N–H and O–H groups in total. The van der Waals surface area contributed by atoms with E-state index in [4.69, 9.17) is 9.68 Å². The normalized spacial score (nSPS) is 26.8. The lowest BCUT2D eigenvalue weighted by Gasteiger charge is -2.38.